The number of aryl methyl sites for hydroxylation is 1. The lowest BCUT2D eigenvalue weighted by atomic mass is 9.82. The maximum atomic E-state index is 14.7. The number of hydrogen-bond donors (Lipinski definition) is 2. The minimum absolute atomic E-state index is 0.00663. The van der Waals surface area contributed by atoms with Gasteiger partial charge in [-0.1, -0.05) is 40.2 Å². The second-order valence-electron chi connectivity index (χ2n) is 12.8. The third-order valence-corrected chi connectivity index (χ3v) is 12.5. The molecule has 0 bridgehead atoms. The highest BCUT2D eigenvalue weighted by Gasteiger charge is 2.66. The molecule has 6 rings (SSSR count). The minimum atomic E-state index is -2.80. The number of carbonyl (C=O) groups excluding carboxylic acids is 2. The summed E-state index contributed by atoms with van der Waals surface area (Å²) in [6, 6.07) is 13.8. The van der Waals surface area contributed by atoms with Crippen LogP contribution < -0.4 is 9.80 Å². The molecule has 1 aromatic heterocycles. The number of aromatic nitrogens is 3. The van der Waals surface area contributed by atoms with E-state index in [9.17, 15) is 19.5 Å². The van der Waals surface area contributed by atoms with Crippen LogP contribution in [0.4, 0.5) is 11.4 Å². The number of ether oxygens (including phenoxy) is 1. The van der Waals surface area contributed by atoms with Gasteiger partial charge < -0.3 is 24.4 Å². The molecule has 2 aromatic carbocycles. The average Bonchev–Trinajstić information content (AvgIpc) is 3.63. The number of rotatable bonds is 9. The van der Waals surface area contributed by atoms with Crippen LogP contribution in [0.15, 0.2) is 53.1 Å². The summed E-state index contributed by atoms with van der Waals surface area (Å²) in [6.45, 7) is 7.51. The van der Waals surface area contributed by atoms with Crippen molar-refractivity contribution in [2.45, 2.75) is 82.5 Å². The van der Waals surface area contributed by atoms with Gasteiger partial charge in [-0.05, 0) is 68.3 Å². The molecule has 2 N–H and O–H groups in total. The summed E-state index contributed by atoms with van der Waals surface area (Å²) >= 11 is 3.62. The molecule has 4 atom stereocenters. The van der Waals surface area contributed by atoms with E-state index in [0.29, 0.717) is 38.0 Å². The van der Waals surface area contributed by atoms with Gasteiger partial charge in [0.05, 0.1) is 24.0 Å². The number of amides is 2. The Balaban J connectivity index is 1.29. The van der Waals surface area contributed by atoms with Gasteiger partial charge in [0.1, 0.15) is 0 Å². The van der Waals surface area contributed by atoms with Gasteiger partial charge in [-0.2, -0.15) is 0 Å². The first-order chi connectivity index (χ1) is 21.0. The number of carbonyl (C=O) groups is 2. The maximum Gasteiger partial charge on any atom is 0.264 e. The van der Waals surface area contributed by atoms with Gasteiger partial charge in [0.25, 0.3) is 5.91 Å². The molecule has 12 heteroatoms. The van der Waals surface area contributed by atoms with Gasteiger partial charge in [0.15, 0.2) is 13.9 Å². The molecule has 0 unspecified atom stereocenters. The predicted molar refractivity (Wildman–Crippen MR) is 173 cm³/mol. The van der Waals surface area contributed by atoms with Crippen LogP contribution in [-0.2, 0) is 39.4 Å². The van der Waals surface area contributed by atoms with E-state index in [2.05, 4.69) is 26.2 Å². The number of halogens is 1. The Kier molecular flexibility index (Phi) is 8.57. The number of aliphatic hydroxyl groups excluding tert-OH is 1. The summed E-state index contributed by atoms with van der Waals surface area (Å²) in [5, 5.41) is 17.6. The highest BCUT2D eigenvalue weighted by atomic mass is 79.9. The van der Waals surface area contributed by atoms with E-state index in [0.717, 1.165) is 46.4 Å². The normalized spacial score (nSPS) is 25.4. The SMILES string of the molecule is C[C@@H]1[C@@H]([Si](C)(C)O)[C@H](CCn2cc(CCO)nn2)O[C@@]12C(=O)N(Cc1ccc(N3CCCCC3=O)cc1)c1ccc(Br)cc12. The highest BCUT2D eigenvalue weighted by molar-refractivity contribution is 9.10. The Labute approximate surface area is 267 Å². The van der Waals surface area contributed by atoms with Crippen LogP contribution in [0.25, 0.3) is 0 Å². The zero-order valence-corrected chi connectivity index (χ0v) is 28.0. The van der Waals surface area contributed by atoms with Crippen molar-refractivity contribution in [3.05, 3.63) is 70.0 Å². The number of piperidine rings is 1. The molecule has 2 fully saturated rings. The van der Waals surface area contributed by atoms with Crippen molar-refractivity contribution in [2.75, 3.05) is 23.0 Å². The van der Waals surface area contributed by atoms with Crippen molar-refractivity contribution in [3.63, 3.8) is 0 Å². The highest BCUT2D eigenvalue weighted by Crippen LogP contribution is 2.60. The van der Waals surface area contributed by atoms with Crippen LogP contribution in [0.5, 0.6) is 0 Å². The molecule has 0 aliphatic carbocycles. The number of fused-ring (bicyclic) bond motifs is 2. The lowest BCUT2D eigenvalue weighted by Crippen LogP contribution is -2.46. The van der Waals surface area contributed by atoms with Gasteiger partial charge in [0, 0.05) is 65.9 Å². The Morgan fingerprint density at radius 2 is 1.91 bits per heavy atom. The van der Waals surface area contributed by atoms with E-state index in [1.165, 1.54) is 0 Å². The maximum absolute atomic E-state index is 14.7. The van der Waals surface area contributed by atoms with Crippen LogP contribution in [0.2, 0.25) is 18.6 Å². The van der Waals surface area contributed by atoms with Crippen LogP contribution in [0.1, 0.15) is 49.4 Å². The van der Waals surface area contributed by atoms with Crippen molar-refractivity contribution < 1.29 is 24.2 Å². The zero-order valence-electron chi connectivity index (χ0n) is 25.4. The molecule has 3 aromatic rings. The molecular weight excluding hydrogens is 642 g/mol. The van der Waals surface area contributed by atoms with E-state index in [4.69, 9.17) is 4.74 Å². The van der Waals surface area contributed by atoms with E-state index in [-0.39, 0.29) is 36.0 Å². The van der Waals surface area contributed by atoms with Crippen molar-refractivity contribution in [2.24, 2.45) is 5.92 Å². The van der Waals surface area contributed by atoms with Crippen LogP contribution in [0.3, 0.4) is 0 Å². The molecule has 10 nitrogen and oxygen atoms in total. The van der Waals surface area contributed by atoms with Crippen molar-refractivity contribution >= 4 is 47.4 Å². The summed E-state index contributed by atoms with van der Waals surface area (Å²) in [7, 11) is -2.80. The quantitative estimate of drug-likeness (QED) is 0.319. The van der Waals surface area contributed by atoms with Gasteiger partial charge >= 0.3 is 0 Å². The smallest absolute Gasteiger partial charge is 0.264 e. The fourth-order valence-corrected chi connectivity index (χ4v) is 10.4. The number of aliphatic hydroxyl groups is 1. The first kappa shape index (κ1) is 31.1. The third-order valence-electron chi connectivity index (χ3n) is 9.45. The second-order valence-corrected chi connectivity index (χ2v) is 17.7. The molecule has 4 heterocycles. The Hall–Kier alpha value is -2.90. The Morgan fingerprint density at radius 1 is 1.14 bits per heavy atom. The van der Waals surface area contributed by atoms with Gasteiger partial charge in [-0.3, -0.25) is 14.3 Å². The Morgan fingerprint density at radius 3 is 2.61 bits per heavy atom. The summed E-state index contributed by atoms with van der Waals surface area (Å²) < 4.78 is 9.52. The molecule has 2 saturated heterocycles. The van der Waals surface area contributed by atoms with Crippen molar-refractivity contribution in [1.82, 2.24) is 15.0 Å². The van der Waals surface area contributed by atoms with E-state index in [1.54, 1.807) is 4.68 Å². The lowest BCUT2D eigenvalue weighted by molar-refractivity contribution is -0.146. The number of benzene rings is 2. The van der Waals surface area contributed by atoms with Crippen LogP contribution >= 0.6 is 15.9 Å². The van der Waals surface area contributed by atoms with E-state index >= 15 is 0 Å². The van der Waals surface area contributed by atoms with E-state index < -0.39 is 13.9 Å². The van der Waals surface area contributed by atoms with Gasteiger partial charge in [-0.15, -0.1) is 5.10 Å². The lowest BCUT2D eigenvalue weighted by Gasteiger charge is -2.32. The molecule has 3 aliphatic heterocycles. The monoisotopic (exact) mass is 681 g/mol. The second kappa shape index (κ2) is 12.1. The molecule has 3 aliphatic rings. The molecule has 44 heavy (non-hydrogen) atoms. The molecule has 0 saturated carbocycles. The summed E-state index contributed by atoms with van der Waals surface area (Å²) in [4.78, 5) is 42.3. The standard InChI is InChI=1S/C32H40BrN5O5Si/c1-21-30(44(2,3)42)28(13-16-36-20-24(14-17-39)34-35-36)43-32(21)26-18-23(33)9-12-27(26)38(31(32)41)19-22-7-10-25(11-8-22)37-15-5-4-6-29(37)40/h7-12,18,20-21,28,30,39,42H,4-6,13-17,19H2,1-3H3/t21-,28+,30-,32+/m1/s1. The number of hydrogen-bond acceptors (Lipinski definition) is 7. The van der Waals surface area contributed by atoms with Crippen molar-refractivity contribution in [3.8, 4) is 0 Å². The topological polar surface area (TPSA) is 121 Å². The first-order valence-corrected chi connectivity index (χ1v) is 19.3. The molecule has 0 radical (unpaired) electrons. The number of nitrogens with zero attached hydrogens (tertiary/aromatic N) is 5. The summed E-state index contributed by atoms with van der Waals surface area (Å²) in [5.41, 5.74) is 2.76. The third kappa shape index (κ3) is 5.55. The van der Waals surface area contributed by atoms with Crippen LogP contribution in [-0.4, -0.2) is 64.3 Å². The average molecular weight is 683 g/mol. The zero-order chi connectivity index (χ0) is 31.2. The predicted octanol–water partition coefficient (Wildman–Crippen LogP) is 4.53. The molecular formula is C32H40BrN5O5Si. The largest absolute Gasteiger partial charge is 0.432 e. The van der Waals surface area contributed by atoms with Gasteiger partial charge in [0.2, 0.25) is 5.91 Å². The number of anilines is 2. The molecule has 1 spiro atoms. The fourth-order valence-electron chi connectivity index (χ4n) is 7.46. The first-order valence-electron chi connectivity index (χ1n) is 15.4. The Bertz CT molecular complexity index is 1540. The van der Waals surface area contributed by atoms with Crippen LogP contribution in [0, 0.1) is 5.92 Å². The van der Waals surface area contributed by atoms with E-state index in [1.807, 2.05) is 78.5 Å². The minimum Gasteiger partial charge on any atom is -0.432 e. The van der Waals surface area contributed by atoms with Crippen molar-refractivity contribution in [1.29, 1.82) is 0 Å². The summed E-state index contributed by atoms with van der Waals surface area (Å²) in [5.74, 6) is -0.232. The summed E-state index contributed by atoms with van der Waals surface area (Å²) in [6.07, 6.45) is 4.97. The molecule has 234 valence electrons. The molecule has 2 amide bonds. The van der Waals surface area contributed by atoms with Gasteiger partial charge in [-0.25, -0.2) is 0 Å². The fraction of sp³-hybridized carbons (Fsp3) is 0.500.